The second-order valence-electron chi connectivity index (χ2n) is 9.66. The molecule has 3 aromatic rings. The van der Waals surface area contributed by atoms with Gasteiger partial charge in [0.05, 0.1) is 51.6 Å². The Hall–Kier alpha value is -3.21. The number of hydrogen-bond acceptors (Lipinski definition) is 9. The number of benzene rings is 2. The fourth-order valence-electron chi connectivity index (χ4n) is 6.17. The standard InChI is InChI=1S/C25H22N2O7S/c1-24-19(28)10-25(34-24,6-7-31-14-3-5-16-17(9-14)33-12-32-16)21-20(24)22(29)27(23(21)30)13-2-4-15-18(8-13)35-11-26-15/h2-5,8-9,11,19-21,28H,6-7,10,12H2,1H3/t19?,20-,21?,24?,25?/m1/s1. The van der Waals surface area contributed by atoms with Crippen LogP contribution >= 0.6 is 11.3 Å². The first kappa shape index (κ1) is 21.1. The molecule has 2 amide bonds. The van der Waals surface area contributed by atoms with Crippen molar-refractivity contribution in [1.82, 2.24) is 4.98 Å². The number of nitrogens with zero attached hydrogens (tertiary/aromatic N) is 2. The number of aliphatic hydroxyl groups excluding tert-OH is 1. The Bertz CT molecular complexity index is 1390. The van der Waals surface area contributed by atoms with Crippen LogP contribution in [0.3, 0.4) is 0 Å². The number of anilines is 1. The minimum atomic E-state index is -1.13. The summed E-state index contributed by atoms with van der Waals surface area (Å²) in [6.45, 7) is 2.17. The average Bonchev–Trinajstić information content (AvgIpc) is 3.61. The Labute approximate surface area is 204 Å². The lowest BCUT2D eigenvalue weighted by Gasteiger charge is -2.33. The third kappa shape index (κ3) is 2.84. The van der Waals surface area contributed by atoms with Crippen LogP contribution in [0.4, 0.5) is 5.69 Å². The first-order valence-corrected chi connectivity index (χ1v) is 12.4. The summed E-state index contributed by atoms with van der Waals surface area (Å²) in [7, 11) is 0. The van der Waals surface area contributed by atoms with E-state index in [9.17, 15) is 14.7 Å². The van der Waals surface area contributed by atoms with Gasteiger partial charge in [-0.15, -0.1) is 11.3 Å². The van der Waals surface area contributed by atoms with E-state index in [2.05, 4.69) is 4.98 Å². The van der Waals surface area contributed by atoms with E-state index in [0.29, 0.717) is 29.4 Å². The zero-order valence-corrected chi connectivity index (χ0v) is 19.6. The lowest BCUT2D eigenvalue weighted by Crippen LogP contribution is -2.49. The van der Waals surface area contributed by atoms with Crippen molar-refractivity contribution < 1.29 is 33.6 Å². The summed E-state index contributed by atoms with van der Waals surface area (Å²) in [6, 6.07) is 10.7. The fourth-order valence-corrected chi connectivity index (χ4v) is 6.88. The molecule has 9 nitrogen and oxygen atoms in total. The van der Waals surface area contributed by atoms with Crippen LogP contribution in [-0.2, 0) is 14.3 Å². The van der Waals surface area contributed by atoms with Gasteiger partial charge in [0.2, 0.25) is 18.6 Å². The number of ether oxygens (including phenoxy) is 4. The maximum Gasteiger partial charge on any atom is 0.240 e. The van der Waals surface area contributed by atoms with Gasteiger partial charge in [0.15, 0.2) is 11.5 Å². The van der Waals surface area contributed by atoms with Gasteiger partial charge >= 0.3 is 0 Å². The molecule has 4 aliphatic rings. The van der Waals surface area contributed by atoms with Gasteiger partial charge in [-0.2, -0.15) is 0 Å². The monoisotopic (exact) mass is 494 g/mol. The number of hydrogen-bond donors (Lipinski definition) is 1. The van der Waals surface area contributed by atoms with Crippen molar-refractivity contribution in [2.45, 2.75) is 37.1 Å². The van der Waals surface area contributed by atoms with Gasteiger partial charge in [-0.05, 0) is 37.3 Å². The molecule has 5 heterocycles. The summed E-state index contributed by atoms with van der Waals surface area (Å²) in [5.41, 5.74) is 0.971. The number of fused-ring (bicyclic) bond motifs is 7. The zero-order chi connectivity index (χ0) is 23.9. The maximum atomic E-state index is 13.7. The fraction of sp³-hybridized carbons (Fsp3) is 0.400. The number of aromatic nitrogens is 1. The molecule has 7 rings (SSSR count). The Kier molecular flexibility index (Phi) is 4.32. The molecule has 35 heavy (non-hydrogen) atoms. The van der Waals surface area contributed by atoms with Crippen molar-refractivity contribution in [2.75, 3.05) is 18.3 Å². The van der Waals surface area contributed by atoms with Gasteiger partial charge in [-0.1, -0.05) is 0 Å². The van der Waals surface area contributed by atoms with E-state index >= 15 is 0 Å². The molecule has 3 fully saturated rings. The second kappa shape index (κ2) is 7.16. The van der Waals surface area contributed by atoms with Crippen LogP contribution in [0.1, 0.15) is 19.8 Å². The highest BCUT2D eigenvalue weighted by Gasteiger charge is 2.77. The highest BCUT2D eigenvalue weighted by Crippen LogP contribution is 2.62. The molecule has 4 unspecified atom stereocenters. The highest BCUT2D eigenvalue weighted by molar-refractivity contribution is 7.16. The Morgan fingerprint density at radius 2 is 1.97 bits per heavy atom. The lowest BCUT2D eigenvalue weighted by molar-refractivity contribution is -0.134. The molecular weight excluding hydrogens is 472 g/mol. The van der Waals surface area contributed by atoms with Crippen molar-refractivity contribution in [3.05, 3.63) is 41.9 Å². The van der Waals surface area contributed by atoms with Crippen molar-refractivity contribution in [3.63, 3.8) is 0 Å². The van der Waals surface area contributed by atoms with Gasteiger partial charge in [-0.3, -0.25) is 9.59 Å². The van der Waals surface area contributed by atoms with E-state index in [1.165, 1.54) is 16.2 Å². The van der Waals surface area contributed by atoms with E-state index < -0.39 is 29.1 Å². The number of amides is 2. The van der Waals surface area contributed by atoms with Gasteiger partial charge in [-0.25, -0.2) is 9.88 Å². The molecule has 2 bridgehead atoms. The molecule has 180 valence electrons. The molecule has 5 atom stereocenters. The Morgan fingerprint density at radius 3 is 2.86 bits per heavy atom. The largest absolute Gasteiger partial charge is 0.493 e. The van der Waals surface area contributed by atoms with Gasteiger partial charge in [0, 0.05) is 18.9 Å². The van der Waals surface area contributed by atoms with Gasteiger partial charge in [0.25, 0.3) is 0 Å². The van der Waals surface area contributed by atoms with Crippen LogP contribution in [0.15, 0.2) is 41.9 Å². The molecule has 3 saturated heterocycles. The van der Waals surface area contributed by atoms with Crippen molar-refractivity contribution in [2.24, 2.45) is 11.8 Å². The summed E-state index contributed by atoms with van der Waals surface area (Å²) < 4.78 is 24.0. The van der Waals surface area contributed by atoms with Crippen molar-refractivity contribution >= 4 is 39.1 Å². The van der Waals surface area contributed by atoms with Crippen LogP contribution in [0.25, 0.3) is 10.2 Å². The summed E-state index contributed by atoms with van der Waals surface area (Å²) in [5, 5.41) is 10.9. The smallest absolute Gasteiger partial charge is 0.240 e. The van der Waals surface area contributed by atoms with E-state index in [0.717, 1.165) is 10.2 Å². The third-order valence-corrected chi connectivity index (χ3v) is 8.62. The number of imide groups is 1. The molecule has 2 aromatic carbocycles. The average molecular weight is 495 g/mol. The molecule has 0 radical (unpaired) electrons. The third-order valence-electron chi connectivity index (χ3n) is 7.83. The maximum absolute atomic E-state index is 13.7. The molecule has 1 aromatic heterocycles. The van der Waals surface area contributed by atoms with Crippen molar-refractivity contribution in [3.8, 4) is 17.2 Å². The van der Waals surface area contributed by atoms with Crippen LogP contribution < -0.4 is 19.1 Å². The predicted molar refractivity (Wildman–Crippen MR) is 125 cm³/mol. The number of carbonyl (C=O) groups is 2. The minimum absolute atomic E-state index is 0.178. The van der Waals surface area contributed by atoms with E-state index in [-0.39, 0.29) is 31.6 Å². The van der Waals surface area contributed by atoms with Crippen molar-refractivity contribution in [1.29, 1.82) is 0 Å². The van der Waals surface area contributed by atoms with Crippen LogP contribution in [0.5, 0.6) is 17.2 Å². The second-order valence-corrected chi connectivity index (χ2v) is 10.5. The van der Waals surface area contributed by atoms with Gasteiger partial charge < -0.3 is 24.1 Å². The summed E-state index contributed by atoms with van der Waals surface area (Å²) in [6.07, 6.45) is -0.221. The number of aliphatic hydroxyl groups is 1. The van der Waals surface area contributed by atoms with Crippen LogP contribution in [0.2, 0.25) is 0 Å². The number of rotatable bonds is 5. The summed E-state index contributed by atoms with van der Waals surface area (Å²) in [4.78, 5) is 32.9. The van der Waals surface area contributed by atoms with Crippen LogP contribution in [-0.4, -0.2) is 52.6 Å². The zero-order valence-electron chi connectivity index (χ0n) is 18.8. The minimum Gasteiger partial charge on any atom is -0.493 e. The quantitative estimate of drug-likeness (QED) is 0.540. The van der Waals surface area contributed by atoms with Gasteiger partial charge in [0.1, 0.15) is 11.4 Å². The molecule has 10 heteroatoms. The molecule has 0 aliphatic carbocycles. The molecule has 4 aliphatic heterocycles. The lowest BCUT2D eigenvalue weighted by atomic mass is 9.66. The highest BCUT2D eigenvalue weighted by atomic mass is 32.1. The predicted octanol–water partition coefficient (Wildman–Crippen LogP) is 2.89. The Balaban J connectivity index is 1.17. The first-order chi connectivity index (χ1) is 16.9. The molecular formula is C25H22N2O7S. The van der Waals surface area contributed by atoms with E-state index in [1.54, 1.807) is 36.7 Å². The first-order valence-electron chi connectivity index (χ1n) is 11.5. The van der Waals surface area contributed by atoms with Crippen LogP contribution in [0, 0.1) is 11.8 Å². The molecule has 1 N–H and O–H groups in total. The SMILES string of the molecule is CC12OC(CCOc3ccc4c(c3)OCO4)(CC1O)C1C(=O)N(c3ccc4ncsc4c3)C(=O)[C@@H]12. The topological polar surface area (TPSA) is 107 Å². The molecule has 0 spiro atoms. The Morgan fingerprint density at radius 1 is 1.14 bits per heavy atom. The normalized spacial score (nSPS) is 32.6. The number of carbonyl (C=O) groups excluding carboxylic acids is 2. The summed E-state index contributed by atoms with van der Waals surface area (Å²) >= 11 is 1.45. The van der Waals surface area contributed by atoms with E-state index in [1.807, 2.05) is 12.1 Å². The molecule has 0 saturated carbocycles. The summed E-state index contributed by atoms with van der Waals surface area (Å²) in [5.74, 6) is -0.158. The number of thiazole rings is 1. The van der Waals surface area contributed by atoms with E-state index in [4.69, 9.17) is 18.9 Å².